The smallest absolute Gasteiger partial charge is 0.246 e. The Balaban J connectivity index is 1.32. The number of nitrogens with one attached hydrogen (secondary N) is 1. The van der Waals surface area contributed by atoms with Crippen LogP contribution in [0, 0.1) is 18.3 Å². The third-order valence-electron chi connectivity index (χ3n) is 10.4. The molecule has 2 amide bonds. The SMILES string of the molecule is COc1ccccc1/C=C/C(=O)N1C[C@H]2[C@]3(c4ccc(C)cc4)CC[C@@H](c4ccccc43)[C@@]2(C(=O)NCc2cccnc2)C1. The second kappa shape index (κ2) is 11.1. The Hall–Kier alpha value is -4.71. The summed E-state index contributed by atoms with van der Waals surface area (Å²) in [5, 5.41) is 3.31. The molecule has 3 aliphatic carbocycles. The fourth-order valence-corrected chi connectivity index (χ4v) is 8.42. The highest BCUT2D eigenvalue weighted by molar-refractivity contribution is 5.94. The zero-order valence-corrected chi connectivity index (χ0v) is 25.2. The zero-order chi connectivity index (χ0) is 30.3. The van der Waals surface area contributed by atoms with E-state index in [0.717, 1.165) is 24.0 Å². The van der Waals surface area contributed by atoms with Crippen LogP contribution in [-0.2, 0) is 21.5 Å². The number of carbonyl (C=O) groups is 2. The van der Waals surface area contributed by atoms with Crippen molar-refractivity contribution in [1.29, 1.82) is 0 Å². The zero-order valence-electron chi connectivity index (χ0n) is 25.2. The quantitative estimate of drug-likeness (QED) is 0.269. The molecule has 6 heteroatoms. The van der Waals surface area contributed by atoms with Gasteiger partial charge in [0, 0.05) is 60.9 Å². The Labute approximate surface area is 258 Å². The van der Waals surface area contributed by atoms with E-state index in [1.807, 2.05) is 47.4 Å². The van der Waals surface area contributed by atoms with E-state index < -0.39 is 5.41 Å². The second-order valence-corrected chi connectivity index (χ2v) is 12.4. The Morgan fingerprint density at radius 3 is 2.61 bits per heavy atom. The number of benzene rings is 3. The third kappa shape index (κ3) is 4.35. The van der Waals surface area contributed by atoms with Crippen LogP contribution in [0.2, 0.25) is 0 Å². The first-order valence-corrected chi connectivity index (χ1v) is 15.4. The molecule has 3 aromatic carbocycles. The van der Waals surface area contributed by atoms with Crippen LogP contribution in [0.3, 0.4) is 0 Å². The molecule has 0 unspecified atom stereocenters. The highest BCUT2D eigenvalue weighted by Crippen LogP contribution is 2.69. The number of aryl methyl sites for hydroxylation is 1. The van der Waals surface area contributed by atoms with E-state index in [2.05, 4.69) is 65.8 Å². The lowest BCUT2D eigenvalue weighted by Crippen LogP contribution is -2.62. The molecule has 1 aromatic heterocycles. The number of methoxy groups -OCH3 is 1. The first kappa shape index (κ1) is 28.1. The molecular formula is C38H37N3O3. The maximum atomic E-state index is 14.7. The Bertz CT molecular complexity index is 1730. The van der Waals surface area contributed by atoms with Crippen LogP contribution >= 0.6 is 0 Å². The summed E-state index contributed by atoms with van der Waals surface area (Å²) in [6.45, 7) is 3.38. The molecule has 4 atom stereocenters. The predicted octanol–water partition coefficient (Wildman–Crippen LogP) is 6.05. The maximum Gasteiger partial charge on any atom is 0.246 e. The van der Waals surface area contributed by atoms with Crippen LogP contribution in [0.25, 0.3) is 6.08 Å². The Kier molecular flexibility index (Phi) is 7.08. The number of pyridine rings is 1. The van der Waals surface area contributed by atoms with E-state index in [1.165, 1.54) is 22.3 Å². The summed E-state index contributed by atoms with van der Waals surface area (Å²) in [6, 6.07) is 29.0. The van der Waals surface area contributed by atoms with Gasteiger partial charge in [-0.15, -0.1) is 0 Å². The molecule has 2 heterocycles. The van der Waals surface area contributed by atoms with Crippen LogP contribution in [0.4, 0.5) is 0 Å². The minimum absolute atomic E-state index is 0.0147. The Morgan fingerprint density at radius 1 is 1.02 bits per heavy atom. The van der Waals surface area contributed by atoms with Gasteiger partial charge in [0.2, 0.25) is 11.8 Å². The lowest BCUT2D eigenvalue weighted by Gasteiger charge is -2.60. The summed E-state index contributed by atoms with van der Waals surface area (Å²) in [6.07, 6.45) is 8.81. The molecule has 2 bridgehead atoms. The van der Waals surface area contributed by atoms with Gasteiger partial charge in [0.1, 0.15) is 5.75 Å². The number of hydrogen-bond acceptors (Lipinski definition) is 4. The van der Waals surface area contributed by atoms with E-state index in [-0.39, 0.29) is 29.1 Å². The molecule has 4 aromatic rings. The summed E-state index contributed by atoms with van der Waals surface area (Å²) < 4.78 is 5.50. The van der Waals surface area contributed by atoms with Crippen molar-refractivity contribution in [2.24, 2.45) is 11.3 Å². The van der Waals surface area contributed by atoms with E-state index in [9.17, 15) is 9.59 Å². The molecule has 1 aliphatic heterocycles. The fraction of sp³-hybridized carbons (Fsp3) is 0.289. The third-order valence-corrected chi connectivity index (χ3v) is 10.4. The number of nitrogens with zero attached hydrogens (tertiary/aromatic N) is 2. The van der Waals surface area contributed by atoms with Crippen molar-refractivity contribution in [3.05, 3.63) is 137 Å². The average Bonchev–Trinajstić information content (AvgIpc) is 3.51. The number of likely N-dealkylation sites (tertiary alicyclic amines) is 1. The van der Waals surface area contributed by atoms with Gasteiger partial charge in [0.25, 0.3) is 0 Å². The van der Waals surface area contributed by atoms with Crippen LogP contribution in [0.5, 0.6) is 5.75 Å². The molecule has 222 valence electrons. The second-order valence-electron chi connectivity index (χ2n) is 12.4. The molecule has 8 rings (SSSR count). The summed E-state index contributed by atoms with van der Waals surface area (Å²) in [5.41, 5.74) is 5.61. The topological polar surface area (TPSA) is 71.5 Å². The molecule has 2 fully saturated rings. The van der Waals surface area contributed by atoms with Gasteiger partial charge in [0.05, 0.1) is 12.5 Å². The van der Waals surface area contributed by atoms with Crippen LogP contribution in [0.1, 0.15) is 52.1 Å². The number of hydrogen-bond donors (Lipinski definition) is 1. The molecule has 1 saturated heterocycles. The van der Waals surface area contributed by atoms with Crippen LogP contribution in [0.15, 0.2) is 103 Å². The minimum Gasteiger partial charge on any atom is -0.496 e. The first-order chi connectivity index (χ1) is 21.5. The van der Waals surface area contributed by atoms with Gasteiger partial charge in [-0.3, -0.25) is 14.6 Å². The molecule has 44 heavy (non-hydrogen) atoms. The molecule has 0 spiro atoms. The summed E-state index contributed by atoms with van der Waals surface area (Å²) in [5.74, 6) is 0.577. The van der Waals surface area contributed by atoms with Crippen LogP contribution in [-0.4, -0.2) is 41.9 Å². The molecule has 0 radical (unpaired) electrons. The first-order valence-electron chi connectivity index (χ1n) is 15.4. The lowest BCUT2D eigenvalue weighted by atomic mass is 9.42. The van der Waals surface area contributed by atoms with Crippen molar-refractivity contribution >= 4 is 17.9 Å². The highest BCUT2D eigenvalue weighted by Gasteiger charge is 2.70. The van der Waals surface area contributed by atoms with Crippen LogP contribution < -0.4 is 10.1 Å². The van der Waals surface area contributed by atoms with E-state index in [4.69, 9.17) is 4.74 Å². The molecule has 4 aliphatic rings. The van der Waals surface area contributed by atoms with Crippen molar-refractivity contribution in [2.45, 2.75) is 37.6 Å². The van der Waals surface area contributed by atoms with Gasteiger partial charge < -0.3 is 15.0 Å². The van der Waals surface area contributed by atoms with Gasteiger partial charge in [-0.1, -0.05) is 78.4 Å². The molecular weight excluding hydrogens is 546 g/mol. The highest BCUT2D eigenvalue weighted by atomic mass is 16.5. The summed E-state index contributed by atoms with van der Waals surface area (Å²) >= 11 is 0. The molecule has 6 nitrogen and oxygen atoms in total. The number of amides is 2. The number of fused-ring (bicyclic) bond motifs is 1. The maximum absolute atomic E-state index is 14.7. The standard InChI is InChI=1S/C38H37N3O3/c1-26-13-16-29(17-14-26)37-20-19-32(30-10-4-5-11-31(30)37)38(36(43)40-23-27-8-7-21-39-22-27)25-41(24-34(37)38)35(42)18-15-28-9-3-6-12-33(28)44-2/h3-18,21-22,32,34H,19-20,23-25H2,1-2H3,(H,40,43)/b18-15+/t32-,34-,37-,38-/m0/s1. The van der Waals surface area contributed by atoms with Gasteiger partial charge in [-0.25, -0.2) is 0 Å². The minimum atomic E-state index is -0.770. The van der Waals surface area contributed by atoms with Crippen molar-refractivity contribution < 1.29 is 14.3 Å². The number of rotatable bonds is 7. The number of aromatic nitrogens is 1. The Morgan fingerprint density at radius 2 is 1.82 bits per heavy atom. The van der Waals surface area contributed by atoms with E-state index in [0.29, 0.717) is 25.4 Å². The largest absolute Gasteiger partial charge is 0.496 e. The van der Waals surface area contributed by atoms with E-state index >= 15 is 0 Å². The molecule has 1 saturated carbocycles. The van der Waals surface area contributed by atoms with Crippen molar-refractivity contribution in [3.8, 4) is 5.75 Å². The summed E-state index contributed by atoms with van der Waals surface area (Å²) in [7, 11) is 1.63. The molecule has 1 N–H and O–H groups in total. The summed E-state index contributed by atoms with van der Waals surface area (Å²) in [4.78, 5) is 34.8. The number of carbonyl (C=O) groups excluding carboxylic acids is 2. The number of para-hydroxylation sites is 1. The van der Waals surface area contributed by atoms with Crippen molar-refractivity contribution in [1.82, 2.24) is 15.2 Å². The fourth-order valence-electron chi connectivity index (χ4n) is 8.42. The predicted molar refractivity (Wildman–Crippen MR) is 171 cm³/mol. The number of ether oxygens (including phenoxy) is 1. The van der Waals surface area contributed by atoms with Gasteiger partial charge in [-0.05, 0) is 60.2 Å². The van der Waals surface area contributed by atoms with Gasteiger partial charge >= 0.3 is 0 Å². The van der Waals surface area contributed by atoms with Crippen molar-refractivity contribution in [2.75, 3.05) is 20.2 Å². The van der Waals surface area contributed by atoms with Gasteiger partial charge in [0.15, 0.2) is 0 Å². The van der Waals surface area contributed by atoms with Gasteiger partial charge in [-0.2, -0.15) is 0 Å². The normalized spacial score (nSPS) is 25.0. The average molecular weight is 584 g/mol. The lowest BCUT2D eigenvalue weighted by molar-refractivity contribution is -0.139. The monoisotopic (exact) mass is 583 g/mol. The van der Waals surface area contributed by atoms with Crippen molar-refractivity contribution in [3.63, 3.8) is 0 Å². The van der Waals surface area contributed by atoms with E-state index in [1.54, 1.807) is 25.6 Å².